The number of fused-ring (bicyclic) bond motifs is 1. The van der Waals surface area contributed by atoms with E-state index in [1.54, 1.807) is 12.8 Å². The first-order valence-corrected chi connectivity index (χ1v) is 6.59. The molecule has 3 aliphatic rings. The topological polar surface area (TPSA) is 0 Å². The highest BCUT2D eigenvalue weighted by atomic mass is 14.6. The molecule has 0 N–H and O–H groups in total. The van der Waals surface area contributed by atoms with Crippen molar-refractivity contribution in [3.8, 4) is 0 Å². The zero-order valence-corrected chi connectivity index (χ0v) is 10.3. The fourth-order valence-corrected chi connectivity index (χ4v) is 4.38. The van der Waals surface area contributed by atoms with Crippen LogP contribution in [0.3, 0.4) is 0 Å². The van der Waals surface area contributed by atoms with Crippen LogP contribution in [0.2, 0.25) is 0 Å². The molecule has 4 atom stereocenters. The Hall–Kier alpha value is 0. The molecule has 0 saturated heterocycles. The summed E-state index contributed by atoms with van der Waals surface area (Å²) in [5.41, 5.74) is 0.809. The van der Waals surface area contributed by atoms with Crippen molar-refractivity contribution in [3.05, 3.63) is 0 Å². The third-order valence-electron chi connectivity index (χ3n) is 5.06. The number of hydrogen-bond acceptors (Lipinski definition) is 0. The monoisotopic (exact) mass is 194 g/mol. The van der Waals surface area contributed by atoms with Gasteiger partial charge in [-0.05, 0) is 48.3 Å². The molecular formula is C14H26. The van der Waals surface area contributed by atoms with Gasteiger partial charge in [-0.2, -0.15) is 0 Å². The molecule has 0 radical (unpaired) electrons. The Morgan fingerprint density at radius 3 is 2.50 bits per heavy atom. The molecule has 3 fully saturated rings. The lowest BCUT2D eigenvalue weighted by Gasteiger charge is -2.48. The maximum Gasteiger partial charge on any atom is -0.0261 e. The van der Waals surface area contributed by atoms with E-state index in [9.17, 15) is 0 Å². The molecule has 0 heteroatoms. The van der Waals surface area contributed by atoms with E-state index in [2.05, 4.69) is 27.7 Å². The SMILES string of the molecule is CCC1C2CC1(CCC(C)C)CC2C. The first-order valence-electron chi connectivity index (χ1n) is 6.59. The van der Waals surface area contributed by atoms with Crippen molar-refractivity contribution in [2.75, 3.05) is 0 Å². The predicted octanol–water partition coefficient (Wildman–Crippen LogP) is 4.49. The molecule has 3 saturated carbocycles. The summed E-state index contributed by atoms with van der Waals surface area (Å²) in [6.45, 7) is 9.62. The van der Waals surface area contributed by atoms with E-state index >= 15 is 0 Å². The van der Waals surface area contributed by atoms with Gasteiger partial charge >= 0.3 is 0 Å². The van der Waals surface area contributed by atoms with Gasteiger partial charge in [0.25, 0.3) is 0 Å². The van der Waals surface area contributed by atoms with Gasteiger partial charge in [-0.1, -0.05) is 40.5 Å². The normalized spacial score (nSPS) is 45.6. The van der Waals surface area contributed by atoms with Crippen molar-refractivity contribution in [1.82, 2.24) is 0 Å². The Kier molecular flexibility index (Phi) is 2.66. The van der Waals surface area contributed by atoms with Crippen LogP contribution >= 0.6 is 0 Å². The Labute approximate surface area is 89.5 Å². The van der Waals surface area contributed by atoms with E-state index in [4.69, 9.17) is 0 Å². The highest BCUT2D eigenvalue weighted by molar-refractivity contribution is 5.09. The molecule has 0 aromatic heterocycles. The van der Waals surface area contributed by atoms with E-state index in [1.807, 2.05) is 0 Å². The summed E-state index contributed by atoms with van der Waals surface area (Å²) in [4.78, 5) is 0. The molecule has 4 unspecified atom stereocenters. The van der Waals surface area contributed by atoms with Crippen LogP contribution in [0.5, 0.6) is 0 Å². The van der Waals surface area contributed by atoms with Crippen LogP contribution in [0, 0.1) is 29.1 Å². The van der Waals surface area contributed by atoms with E-state index < -0.39 is 0 Å². The molecule has 0 nitrogen and oxygen atoms in total. The highest BCUT2D eigenvalue weighted by Gasteiger charge is 2.60. The van der Waals surface area contributed by atoms with E-state index in [0.717, 1.165) is 29.1 Å². The van der Waals surface area contributed by atoms with Gasteiger partial charge in [0.15, 0.2) is 0 Å². The fourth-order valence-electron chi connectivity index (χ4n) is 4.38. The average Bonchev–Trinajstić information content (AvgIpc) is 2.53. The van der Waals surface area contributed by atoms with Crippen molar-refractivity contribution in [1.29, 1.82) is 0 Å². The third kappa shape index (κ3) is 1.42. The maximum absolute atomic E-state index is 2.48. The van der Waals surface area contributed by atoms with Crippen LogP contribution in [0.4, 0.5) is 0 Å². The van der Waals surface area contributed by atoms with E-state index in [-0.39, 0.29) is 0 Å². The Bertz CT molecular complexity index is 206. The molecule has 0 aromatic carbocycles. The standard InChI is InChI=1S/C14H26/c1-5-13-12-9-14(13,8-11(12)4)7-6-10(2)3/h10-13H,5-9H2,1-4H3. The molecule has 0 heterocycles. The van der Waals surface area contributed by atoms with Crippen molar-refractivity contribution in [2.24, 2.45) is 29.1 Å². The minimum atomic E-state index is 0.809. The summed E-state index contributed by atoms with van der Waals surface area (Å²) in [5, 5.41) is 0. The number of rotatable bonds is 4. The van der Waals surface area contributed by atoms with Crippen molar-refractivity contribution in [2.45, 2.75) is 59.8 Å². The largest absolute Gasteiger partial charge is 0.0651 e. The van der Waals surface area contributed by atoms with Gasteiger partial charge in [-0.3, -0.25) is 0 Å². The first-order chi connectivity index (χ1) is 6.59. The zero-order valence-electron chi connectivity index (χ0n) is 10.3. The minimum absolute atomic E-state index is 0.809. The average molecular weight is 194 g/mol. The second-order valence-corrected chi connectivity index (χ2v) is 6.36. The molecule has 0 spiro atoms. The van der Waals surface area contributed by atoms with E-state index in [1.165, 1.54) is 19.3 Å². The second-order valence-electron chi connectivity index (χ2n) is 6.36. The Morgan fingerprint density at radius 2 is 2.00 bits per heavy atom. The molecule has 3 rings (SSSR count). The van der Waals surface area contributed by atoms with E-state index in [0.29, 0.717) is 0 Å². The maximum atomic E-state index is 2.48. The first kappa shape index (κ1) is 10.5. The summed E-state index contributed by atoms with van der Waals surface area (Å²) < 4.78 is 0. The molecule has 3 aliphatic carbocycles. The van der Waals surface area contributed by atoms with Gasteiger partial charge in [0.1, 0.15) is 0 Å². The van der Waals surface area contributed by atoms with Gasteiger partial charge in [0, 0.05) is 0 Å². The summed E-state index contributed by atoms with van der Waals surface area (Å²) in [7, 11) is 0. The molecular weight excluding hydrogens is 168 g/mol. The molecule has 2 bridgehead atoms. The van der Waals surface area contributed by atoms with Gasteiger partial charge in [-0.25, -0.2) is 0 Å². The molecule has 14 heavy (non-hydrogen) atoms. The molecule has 82 valence electrons. The number of hydrogen-bond donors (Lipinski definition) is 0. The van der Waals surface area contributed by atoms with Crippen LogP contribution in [0.25, 0.3) is 0 Å². The van der Waals surface area contributed by atoms with Crippen LogP contribution in [0.1, 0.15) is 59.8 Å². The van der Waals surface area contributed by atoms with Crippen molar-refractivity contribution in [3.63, 3.8) is 0 Å². The van der Waals surface area contributed by atoms with Crippen molar-refractivity contribution >= 4 is 0 Å². The van der Waals surface area contributed by atoms with Gasteiger partial charge in [-0.15, -0.1) is 0 Å². The summed E-state index contributed by atoms with van der Waals surface area (Å²) in [5.74, 6) is 4.13. The highest BCUT2D eigenvalue weighted by Crippen LogP contribution is 2.68. The van der Waals surface area contributed by atoms with Crippen molar-refractivity contribution < 1.29 is 0 Å². The molecule has 0 amide bonds. The molecule has 0 aliphatic heterocycles. The van der Waals surface area contributed by atoms with Crippen LogP contribution in [-0.4, -0.2) is 0 Å². The van der Waals surface area contributed by atoms with Gasteiger partial charge < -0.3 is 0 Å². The minimum Gasteiger partial charge on any atom is -0.0651 e. The quantitative estimate of drug-likeness (QED) is 0.618. The van der Waals surface area contributed by atoms with Crippen LogP contribution in [-0.2, 0) is 0 Å². The predicted molar refractivity (Wildman–Crippen MR) is 62.2 cm³/mol. The summed E-state index contributed by atoms with van der Waals surface area (Å²) >= 11 is 0. The lowest BCUT2D eigenvalue weighted by atomic mass is 9.57. The smallest absolute Gasteiger partial charge is 0.0261 e. The van der Waals surface area contributed by atoms with Crippen LogP contribution < -0.4 is 0 Å². The lowest BCUT2D eigenvalue weighted by Crippen LogP contribution is -2.40. The lowest BCUT2D eigenvalue weighted by molar-refractivity contribution is 0.0105. The van der Waals surface area contributed by atoms with Crippen LogP contribution in [0.15, 0.2) is 0 Å². The van der Waals surface area contributed by atoms with Gasteiger partial charge in [0.2, 0.25) is 0 Å². The third-order valence-corrected chi connectivity index (χ3v) is 5.06. The summed E-state index contributed by atoms with van der Waals surface area (Å²) in [6, 6.07) is 0. The second kappa shape index (κ2) is 3.54. The van der Waals surface area contributed by atoms with Gasteiger partial charge in [0.05, 0.1) is 0 Å². The summed E-state index contributed by atoms with van der Waals surface area (Å²) in [6.07, 6.45) is 7.52. The Balaban J connectivity index is 1.96. The fraction of sp³-hybridized carbons (Fsp3) is 1.00. The zero-order chi connectivity index (χ0) is 10.3. The molecule has 0 aromatic rings. The Morgan fingerprint density at radius 1 is 1.29 bits per heavy atom.